The maximum Gasteiger partial charge on any atom is 0.140 e. The van der Waals surface area contributed by atoms with Crippen LogP contribution in [0.3, 0.4) is 0 Å². The van der Waals surface area contributed by atoms with Crippen LogP contribution in [0.1, 0.15) is 0 Å². The van der Waals surface area contributed by atoms with Gasteiger partial charge in [-0.15, -0.1) is 11.3 Å². The van der Waals surface area contributed by atoms with Gasteiger partial charge in [-0.3, -0.25) is 4.98 Å². The summed E-state index contributed by atoms with van der Waals surface area (Å²) in [4.78, 5) is 13.8. The molecule has 0 fully saturated rings. The zero-order chi connectivity index (χ0) is 17.3. The quantitative estimate of drug-likeness (QED) is 0.455. The average molecular weight is 354 g/mol. The smallest absolute Gasteiger partial charge is 0.140 e. The van der Waals surface area contributed by atoms with E-state index in [0.29, 0.717) is 0 Å². The summed E-state index contributed by atoms with van der Waals surface area (Å²) in [5.41, 5.74) is 6.70. The highest BCUT2D eigenvalue weighted by Crippen LogP contribution is 2.30. The van der Waals surface area contributed by atoms with E-state index in [4.69, 9.17) is 4.98 Å². The second-order valence-corrected chi connectivity index (χ2v) is 6.84. The van der Waals surface area contributed by atoms with Gasteiger partial charge in [0, 0.05) is 22.8 Å². The lowest BCUT2D eigenvalue weighted by atomic mass is 10.1. The Morgan fingerprint density at radius 2 is 1.73 bits per heavy atom. The van der Waals surface area contributed by atoms with Crippen molar-refractivity contribution in [2.45, 2.75) is 0 Å². The number of benzene rings is 2. The molecular formula is C21H14N4S. The van der Waals surface area contributed by atoms with Gasteiger partial charge in [-0.25, -0.2) is 9.97 Å². The van der Waals surface area contributed by atoms with Crippen LogP contribution in [0.25, 0.3) is 32.4 Å². The molecule has 0 unspecified atom stereocenters. The van der Waals surface area contributed by atoms with Crippen molar-refractivity contribution in [3.05, 3.63) is 78.4 Å². The SMILES string of the molecule is c1ccc(-c2cc3ncccc3c(Nc3ccc4scnc4c3)n2)cc1. The molecule has 3 aromatic heterocycles. The van der Waals surface area contributed by atoms with E-state index in [1.54, 1.807) is 11.3 Å². The highest BCUT2D eigenvalue weighted by molar-refractivity contribution is 7.16. The number of hydrogen-bond donors (Lipinski definition) is 1. The largest absolute Gasteiger partial charge is 0.340 e. The predicted octanol–water partition coefficient (Wildman–Crippen LogP) is 5.65. The second-order valence-electron chi connectivity index (χ2n) is 5.95. The molecule has 26 heavy (non-hydrogen) atoms. The topological polar surface area (TPSA) is 50.7 Å². The van der Waals surface area contributed by atoms with E-state index in [9.17, 15) is 0 Å². The first kappa shape index (κ1) is 15.0. The highest BCUT2D eigenvalue weighted by Gasteiger charge is 2.09. The molecule has 2 aromatic carbocycles. The summed E-state index contributed by atoms with van der Waals surface area (Å²) in [6.45, 7) is 0. The van der Waals surface area contributed by atoms with E-state index in [-0.39, 0.29) is 0 Å². The molecule has 124 valence electrons. The number of nitrogens with zero attached hydrogens (tertiary/aromatic N) is 3. The number of rotatable bonds is 3. The van der Waals surface area contributed by atoms with Gasteiger partial charge >= 0.3 is 0 Å². The predicted molar refractivity (Wildman–Crippen MR) is 108 cm³/mol. The fourth-order valence-electron chi connectivity index (χ4n) is 3.00. The molecule has 0 radical (unpaired) electrons. The van der Waals surface area contributed by atoms with Gasteiger partial charge in [-0.2, -0.15) is 0 Å². The first-order valence-corrected chi connectivity index (χ1v) is 9.16. The summed E-state index contributed by atoms with van der Waals surface area (Å²) in [7, 11) is 0. The van der Waals surface area contributed by atoms with Gasteiger partial charge < -0.3 is 5.32 Å². The van der Waals surface area contributed by atoms with E-state index in [1.165, 1.54) is 4.70 Å². The summed E-state index contributed by atoms with van der Waals surface area (Å²) >= 11 is 1.64. The molecule has 0 spiro atoms. The van der Waals surface area contributed by atoms with Gasteiger partial charge in [0.25, 0.3) is 0 Å². The van der Waals surface area contributed by atoms with E-state index in [1.807, 2.05) is 54.2 Å². The number of hydrogen-bond acceptors (Lipinski definition) is 5. The Bertz CT molecular complexity index is 1210. The average Bonchev–Trinajstić information content (AvgIpc) is 3.16. The summed E-state index contributed by atoms with van der Waals surface area (Å²) in [5.74, 6) is 0.795. The summed E-state index contributed by atoms with van der Waals surface area (Å²) in [6, 6.07) is 22.3. The Morgan fingerprint density at radius 3 is 2.65 bits per heavy atom. The van der Waals surface area contributed by atoms with Crippen molar-refractivity contribution in [3.63, 3.8) is 0 Å². The van der Waals surface area contributed by atoms with Crippen LogP contribution < -0.4 is 5.32 Å². The molecule has 0 aliphatic heterocycles. The third kappa shape index (κ3) is 2.68. The number of thiazole rings is 1. The highest BCUT2D eigenvalue weighted by atomic mass is 32.1. The molecule has 3 heterocycles. The van der Waals surface area contributed by atoms with Crippen molar-refractivity contribution >= 4 is 44.0 Å². The van der Waals surface area contributed by atoms with E-state index in [2.05, 4.69) is 39.6 Å². The van der Waals surface area contributed by atoms with Crippen LogP contribution in [0.15, 0.2) is 78.4 Å². The van der Waals surface area contributed by atoms with Crippen molar-refractivity contribution in [1.82, 2.24) is 15.0 Å². The first-order valence-electron chi connectivity index (χ1n) is 8.28. The second kappa shape index (κ2) is 6.20. The van der Waals surface area contributed by atoms with E-state index >= 15 is 0 Å². The van der Waals surface area contributed by atoms with Crippen molar-refractivity contribution < 1.29 is 0 Å². The monoisotopic (exact) mass is 354 g/mol. The Balaban J connectivity index is 1.65. The van der Waals surface area contributed by atoms with Gasteiger partial charge in [0.05, 0.1) is 26.9 Å². The third-order valence-electron chi connectivity index (χ3n) is 4.26. The molecule has 4 nitrogen and oxygen atoms in total. The molecule has 5 heteroatoms. The normalized spacial score (nSPS) is 11.1. The molecule has 1 N–H and O–H groups in total. The number of fused-ring (bicyclic) bond motifs is 2. The van der Waals surface area contributed by atoms with Gasteiger partial charge in [0.15, 0.2) is 0 Å². The van der Waals surface area contributed by atoms with Crippen molar-refractivity contribution in [2.24, 2.45) is 0 Å². The molecule has 5 rings (SSSR count). The Kier molecular flexibility index (Phi) is 3.57. The van der Waals surface area contributed by atoms with E-state index in [0.717, 1.165) is 39.2 Å². The molecule has 0 aliphatic rings. The Labute approximate surface area is 154 Å². The van der Waals surface area contributed by atoms with Crippen LogP contribution in [0.5, 0.6) is 0 Å². The standard InChI is InChI=1S/C21H14N4S/c1-2-5-14(6-3-1)17-12-18-16(7-4-10-22-18)21(25-17)24-15-8-9-20-19(11-15)23-13-26-20/h1-13H,(H,24,25). The number of aromatic nitrogens is 3. The van der Waals surface area contributed by atoms with Crippen molar-refractivity contribution in [1.29, 1.82) is 0 Å². The lowest BCUT2D eigenvalue weighted by Crippen LogP contribution is -1.97. The van der Waals surface area contributed by atoms with Gasteiger partial charge in [0.2, 0.25) is 0 Å². The molecule has 0 amide bonds. The van der Waals surface area contributed by atoms with Gasteiger partial charge in [0.1, 0.15) is 5.82 Å². The molecule has 0 atom stereocenters. The fourth-order valence-corrected chi connectivity index (χ4v) is 3.66. The molecule has 0 aliphatic carbocycles. The lowest BCUT2D eigenvalue weighted by Gasteiger charge is -2.11. The minimum absolute atomic E-state index is 0.795. The zero-order valence-electron chi connectivity index (χ0n) is 13.8. The van der Waals surface area contributed by atoms with Crippen molar-refractivity contribution in [3.8, 4) is 11.3 Å². The van der Waals surface area contributed by atoms with Gasteiger partial charge in [-0.1, -0.05) is 30.3 Å². The Morgan fingerprint density at radius 1 is 0.808 bits per heavy atom. The summed E-state index contributed by atoms with van der Waals surface area (Å²) < 4.78 is 1.17. The fraction of sp³-hybridized carbons (Fsp3) is 0. The molecule has 0 saturated carbocycles. The summed E-state index contributed by atoms with van der Waals surface area (Å²) in [6.07, 6.45) is 1.81. The lowest BCUT2D eigenvalue weighted by molar-refractivity contribution is 1.31. The molecule has 5 aromatic rings. The van der Waals surface area contributed by atoms with Crippen LogP contribution >= 0.6 is 11.3 Å². The van der Waals surface area contributed by atoms with Crippen LogP contribution in [0.4, 0.5) is 11.5 Å². The molecule has 0 bridgehead atoms. The van der Waals surface area contributed by atoms with E-state index < -0.39 is 0 Å². The number of pyridine rings is 2. The number of anilines is 2. The summed E-state index contributed by atoms with van der Waals surface area (Å²) in [5, 5.41) is 4.44. The van der Waals surface area contributed by atoms with Crippen LogP contribution in [0, 0.1) is 0 Å². The molecular weight excluding hydrogens is 340 g/mol. The minimum Gasteiger partial charge on any atom is -0.340 e. The van der Waals surface area contributed by atoms with Crippen LogP contribution in [0.2, 0.25) is 0 Å². The van der Waals surface area contributed by atoms with Crippen LogP contribution in [-0.2, 0) is 0 Å². The van der Waals surface area contributed by atoms with Crippen molar-refractivity contribution in [2.75, 3.05) is 5.32 Å². The van der Waals surface area contributed by atoms with Gasteiger partial charge in [-0.05, 0) is 36.4 Å². The van der Waals surface area contributed by atoms with Crippen LogP contribution in [-0.4, -0.2) is 15.0 Å². The minimum atomic E-state index is 0.795. The third-order valence-corrected chi connectivity index (χ3v) is 5.07. The first-order chi connectivity index (χ1) is 12.9. The number of nitrogens with one attached hydrogen (secondary N) is 1. The molecule has 0 saturated heterocycles. The maximum atomic E-state index is 4.87. The zero-order valence-corrected chi connectivity index (χ0v) is 14.6. The Hall–Kier alpha value is -3.31. The maximum absolute atomic E-state index is 4.87.